The number of ether oxygens (including phenoxy) is 1. The van der Waals surface area contributed by atoms with Gasteiger partial charge in [0.1, 0.15) is 11.5 Å². The van der Waals surface area contributed by atoms with Crippen molar-refractivity contribution in [3.63, 3.8) is 0 Å². The second kappa shape index (κ2) is 18.0. The highest BCUT2D eigenvalue weighted by molar-refractivity contribution is 7.51. The van der Waals surface area contributed by atoms with E-state index in [0.717, 1.165) is 12.8 Å². The van der Waals surface area contributed by atoms with Gasteiger partial charge in [0.25, 0.3) is 11.8 Å². The second-order valence-corrected chi connectivity index (χ2v) is 15.6. The highest BCUT2D eigenvalue weighted by Gasteiger charge is 2.35. The summed E-state index contributed by atoms with van der Waals surface area (Å²) < 4.78 is 33.4. The number of hydrogen-bond acceptors (Lipinski definition) is 8. The molecule has 0 bridgehead atoms. The molecule has 3 N–H and O–H groups in total. The number of unbranched alkanes of at least 4 members (excludes halogenated alkanes) is 1. The Kier molecular flexibility index (Phi) is 13.5. The number of hydrogen-bond donors (Lipinski definition) is 2. The van der Waals surface area contributed by atoms with E-state index in [2.05, 4.69) is 5.32 Å². The van der Waals surface area contributed by atoms with Crippen molar-refractivity contribution in [1.29, 1.82) is 0 Å². The fraction of sp³-hybridized carbons (Fsp3) is 0.385. The number of benzene rings is 3. The lowest BCUT2D eigenvalue weighted by Crippen LogP contribution is -2.27. The van der Waals surface area contributed by atoms with Crippen molar-refractivity contribution in [2.45, 2.75) is 57.9 Å². The first kappa shape index (κ1) is 38.9. The molecular weight excluding hydrogens is 705 g/mol. The highest BCUT2D eigenvalue weighted by atomic mass is 35.5. The van der Waals surface area contributed by atoms with Gasteiger partial charge in [0.15, 0.2) is 11.6 Å². The SMILES string of the molecule is CC(NC(=O)c1ccc(OP(=O)(OCC2=CC(=O)c3ccccc3C2=O)N(C)CCCCCl)cc1)c1ccc(OCC2CCCCC2)c(C(N)=O)c1. The summed E-state index contributed by atoms with van der Waals surface area (Å²) in [7, 11) is -2.49. The lowest BCUT2D eigenvalue weighted by molar-refractivity contribution is 0.0938. The molecule has 0 saturated heterocycles. The maximum Gasteiger partial charge on any atom is 0.461 e. The molecule has 5 rings (SSSR count). The third-order valence-electron chi connectivity index (χ3n) is 9.35. The number of fused-ring (bicyclic) bond motifs is 1. The lowest BCUT2D eigenvalue weighted by atomic mass is 9.90. The van der Waals surface area contributed by atoms with Crippen LogP contribution in [0.3, 0.4) is 0 Å². The van der Waals surface area contributed by atoms with E-state index in [9.17, 15) is 23.7 Å². The number of carbonyl (C=O) groups excluding carboxylic acids is 4. The van der Waals surface area contributed by atoms with Gasteiger partial charge in [0, 0.05) is 34.7 Å². The van der Waals surface area contributed by atoms with E-state index >= 15 is 0 Å². The van der Waals surface area contributed by atoms with Gasteiger partial charge in [-0.3, -0.25) is 23.7 Å². The summed E-state index contributed by atoms with van der Waals surface area (Å²) >= 11 is 5.85. The van der Waals surface area contributed by atoms with E-state index in [1.165, 1.54) is 54.3 Å². The predicted molar refractivity (Wildman–Crippen MR) is 199 cm³/mol. The molecular formula is C39H45ClN3O8P. The average Bonchev–Trinajstić information content (AvgIpc) is 3.15. The van der Waals surface area contributed by atoms with Gasteiger partial charge in [-0.05, 0) is 93.6 Å². The molecule has 2 aliphatic rings. The Morgan fingerprint density at radius 2 is 1.71 bits per heavy atom. The predicted octanol–water partition coefficient (Wildman–Crippen LogP) is 7.70. The summed E-state index contributed by atoms with van der Waals surface area (Å²) in [5, 5.41) is 2.93. The molecule has 0 spiro atoms. The van der Waals surface area contributed by atoms with E-state index in [-0.39, 0.29) is 39.9 Å². The molecule has 0 aliphatic heterocycles. The fourth-order valence-electron chi connectivity index (χ4n) is 6.24. The average molecular weight is 750 g/mol. The zero-order chi connectivity index (χ0) is 37.3. The summed E-state index contributed by atoms with van der Waals surface area (Å²) in [6.07, 6.45) is 8.32. The van der Waals surface area contributed by atoms with Crippen LogP contribution in [0, 0.1) is 5.92 Å². The standard InChI is InChI=1S/C39H45ClN3O8P/c1-26(29-16-19-36(34(22-29)38(41)46)49-24-27-10-4-3-5-11-27)42-39(47)28-14-17-31(18-15-28)51-52(48,43(2)21-9-8-20-40)50-25-30-23-35(44)32-12-6-7-13-33(32)37(30)45/h6-7,12-19,22-23,26-27H,3-5,8-11,20-21,24-25H2,1-2H3,(H2,41,46)(H,42,47). The Bertz CT molecular complexity index is 1860. The Hall–Kier alpha value is -4.28. The number of amides is 2. The monoisotopic (exact) mass is 749 g/mol. The molecule has 2 atom stereocenters. The van der Waals surface area contributed by atoms with Crippen molar-refractivity contribution in [3.8, 4) is 11.5 Å². The first-order valence-electron chi connectivity index (χ1n) is 17.6. The number of carbonyl (C=O) groups is 4. The Morgan fingerprint density at radius 1 is 1.00 bits per heavy atom. The van der Waals surface area contributed by atoms with Gasteiger partial charge >= 0.3 is 7.75 Å². The van der Waals surface area contributed by atoms with E-state index in [0.29, 0.717) is 60.2 Å². The van der Waals surface area contributed by atoms with E-state index in [1.54, 1.807) is 56.4 Å². The van der Waals surface area contributed by atoms with Crippen LogP contribution in [0.5, 0.6) is 11.5 Å². The fourth-order valence-corrected chi connectivity index (χ4v) is 7.90. The third-order valence-corrected chi connectivity index (χ3v) is 11.6. The summed E-state index contributed by atoms with van der Waals surface area (Å²) in [4.78, 5) is 51.3. The number of Topliss-reactive ketones (excluding diaryl/α,β-unsaturated/α-hetero) is 1. The number of nitrogens with zero attached hydrogens (tertiary/aromatic N) is 1. The van der Waals surface area contributed by atoms with E-state index in [4.69, 9.17) is 31.1 Å². The molecule has 1 saturated carbocycles. The Morgan fingerprint density at radius 3 is 2.40 bits per heavy atom. The Balaban J connectivity index is 1.24. The first-order chi connectivity index (χ1) is 25.0. The van der Waals surface area contributed by atoms with Crippen molar-refractivity contribution in [2.75, 3.05) is 32.7 Å². The zero-order valence-corrected chi connectivity index (χ0v) is 31.1. The van der Waals surface area contributed by atoms with Crippen molar-refractivity contribution in [2.24, 2.45) is 11.7 Å². The van der Waals surface area contributed by atoms with Crippen LogP contribution in [-0.2, 0) is 9.09 Å². The number of rotatable bonds is 17. The number of halogens is 1. The van der Waals surface area contributed by atoms with Gasteiger partial charge < -0.3 is 20.3 Å². The van der Waals surface area contributed by atoms with Gasteiger partial charge in [-0.1, -0.05) is 49.6 Å². The summed E-state index contributed by atoms with van der Waals surface area (Å²) in [6.45, 7) is 2.23. The topological polar surface area (TPSA) is 154 Å². The molecule has 2 amide bonds. The number of ketones is 2. The number of allylic oxidation sites excluding steroid dienone is 1. The molecule has 1 fully saturated rings. The molecule has 11 nitrogen and oxygen atoms in total. The zero-order valence-electron chi connectivity index (χ0n) is 29.5. The van der Waals surface area contributed by atoms with Crippen LogP contribution in [0.2, 0.25) is 0 Å². The number of nitrogens with two attached hydrogens (primary N) is 1. The van der Waals surface area contributed by atoms with Crippen LogP contribution in [0.1, 0.15) is 105 Å². The largest absolute Gasteiger partial charge is 0.492 e. The quantitative estimate of drug-likeness (QED) is 0.0803. The number of primary amides is 1. The number of alkyl halides is 1. The second-order valence-electron chi connectivity index (χ2n) is 13.2. The van der Waals surface area contributed by atoms with Crippen molar-refractivity contribution in [1.82, 2.24) is 9.99 Å². The summed E-state index contributed by atoms with van der Waals surface area (Å²) in [5.74, 6) is -0.240. The number of nitrogens with one attached hydrogen (secondary N) is 1. The molecule has 3 aromatic rings. The molecule has 52 heavy (non-hydrogen) atoms. The van der Waals surface area contributed by atoms with Crippen LogP contribution in [0.15, 0.2) is 78.4 Å². The van der Waals surface area contributed by atoms with Crippen LogP contribution in [0.25, 0.3) is 0 Å². The molecule has 3 aromatic carbocycles. The summed E-state index contributed by atoms with van der Waals surface area (Å²) in [6, 6.07) is 17.2. The van der Waals surface area contributed by atoms with Gasteiger partial charge in [-0.15, -0.1) is 11.6 Å². The Labute approximate surface area is 309 Å². The lowest BCUT2D eigenvalue weighted by Gasteiger charge is -2.28. The molecule has 13 heteroatoms. The van der Waals surface area contributed by atoms with Gasteiger partial charge in [0.05, 0.1) is 24.8 Å². The van der Waals surface area contributed by atoms with Crippen molar-refractivity contribution < 1.29 is 37.5 Å². The van der Waals surface area contributed by atoms with Crippen molar-refractivity contribution in [3.05, 3.63) is 106 Å². The maximum atomic E-state index is 14.2. The van der Waals surface area contributed by atoms with Crippen molar-refractivity contribution >= 4 is 42.7 Å². The van der Waals surface area contributed by atoms with Crippen LogP contribution >= 0.6 is 19.3 Å². The molecule has 276 valence electrons. The van der Waals surface area contributed by atoms with E-state index in [1.807, 2.05) is 0 Å². The minimum absolute atomic E-state index is 0.0624. The molecule has 2 aliphatic carbocycles. The van der Waals surface area contributed by atoms with Gasteiger partial charge in [0.2, 0.25) is 0 Å². The van der Waals surface area contributed by atoms with Gasteiger partial charge in [-0.2, -0.15) is 0 Å². The van der Waals surface area contributed by atoms with Crippen LogP contribution in [0.4, 0.5) is 0 Å². The van der Waals surface area contributed by atoms with Gasteiger partial charge in [-0.25, -0.2) is 9.24 Å². The summed E-state index contributed by atoms with van der Waals surface area (Å²) in [5.41, 5.74) is 7.56. The smallest absolute Gasteiger partial charge is 0.461 e. The molecule has 0 radical (unpaired) electrons. The third kappa shape index (κ3) is 9.77. The normalized spacial score (nSPS) is 16.4. The minimum Gasteiger partial charge on any atom is -0.492 e. The van der Waals surface area contributed by atoms with Crippen LogP contribution < -0.4 is 20.3 Å². The minimum atomic E-state index is -4.06. The highest BCUT2D eigenvalue weighted by Crippen LogP contribution is 2.51. The van der Waals surface area contributed by atoms with Crippen LogP contribution in [-0.4, -0.2) is 60.7 Å². The maximum absolute atomic E-state index is 14.2. The molecule has 0 aromatic heterocycles. The first-order valence-corrected chi connectivity index (χ1v) is 19.6. The molecule has 2 unspecified atom stereocenters. The molecule has 0 heterocycles. The van der Waals surface area contributed by atoms with E-state index < -0.39 is 26.3 Å².